The van der Waals surface area contributed by atoms with E-state index in [1.54, 1.807) is 0 Å². The summed E-state index contributed by atoms with van der Waals surface area (Å²) in [5.41, 5.74) is 6.24. The second-order valence-electron chi connectivity index (χ2n) is 6.17. The van der Waals surface area contributed by atoms with E-state index >= 15 is 0 Å². The van der Waals surface area contributed by atoms with Crippen LogP contribution in [-0.2, 0) is 13.1 Å². The van der Waals surface area contributed by atoms with Gasteiger partial charge in [0.05, 0.1) is 5.52 Å². The largest absolute Gasteiger partial charge is 0.366 e. The van der Waals surface area contributed by atoms with Crippen molar-refractivity contribution in [2.24, 2.45) is 0 Å². The topological polar surface area (TPSA) is 28.2 Å². The highest BCUT2D eigenvalue weighted by Crippen LogP contribution is 2.26. The Kier molecular flexibility index (Phi) is 3.72. The number of benzene rings is 2. The zero-order chi connectivity index (χ0) is 15.6. The molecule has 3 heteroatoms. The number of aromatic nitrogens is 1. The Morgan fingerprint density at radius 2 is 1.91 bits per heavy atom. The number of pyridine rings is 1. The maximum absolute atomic E-state index is 4.66. The molecule has 0 saturated heterocycles. The first-order chi connectivity index (χ1) is 11.3. The van der Waals surface area contributed by atoms with Gasteiger partial charge in [-0.3, -0.25) is 4.98 Å². The number of hydrogen-bond acceptors (Lipinski definition) is 3. The van der Waals surface area contributed by atoms with Gasteiger partial charge in [-0.1, -0.05) is 36.4 Å². The highest BCUT2D eigenvalue weighted by atomic mass is 15.2. The van der Waals surface area contributed by atoms with E-state index in [2.05, 4.69) is 76.7 Å². The van der Waals surface area contributed by atoms with Crippen LogP contribution in [0.1, 0.15) is 16.8 Å². The summed E-state index contributed by atoms with van der Waals surface area (Å²) in [4.78, 5) is 7.14. The number of hydrogen-bond donors (Lipinski definition) is 1. The van der Waals surface area contributed by atoms with Crippen LogP contribution in [0, 0.1) is 6.92 Å². The molecule has 0 aliphatic carbocycles. The van der Waals surface area contributed by atoms with Gasteiger partial charge in [0, 0.05) is 42.9 Å². The van der Waals surface area contributed by atoms with Crippen molar-refractivity contribution < 1.29 is 0 Å². The summed E-state index contributed by atoms with van der Waals surface area (Å²) in [5, 5.41) is 4.77. The van der Waals surface area contributed by atoms with E-state index in [4.69, 9.17) is 0 Å². The molecule has 0 unspecified atom stereocenters. The van der Waals surface area contributed by atoms with Gasteiger partial charge in [-0.2, -0.15) is 0 Å². The van der Waals surface area contributed by atoms with Crippen LogP contribution in [0.25, 0.3) is 10.9 Å². The monoisotopic (exact) mass is 303 g/mol. The highest BCUT2D eigenvalue weighted by molar-refractivity contribution is 5.82. The quantitative estimate of drug-likeness (QED) is 0.783. The van der Waals surface area contributed by atoms with Crippen molar-refractivity contribution in [3.63, 3.8) is 0 Å². The van der Waals surface area contributed by atoms with Crippen LogP contribution in [0.2, 0.25) is 0 Å². The fraction of sp³-hybridized carbons (Fsp3) is 0.250. The van der Waals surface area contributed by atoms with Crippen LogP contribution in [0.3, 0.4) is 0 Å². The van der Waals surface area contributed by atoms with Crippen LogP contribution < -0.4 is 10.2 Å². The Balaban J connectivity index is 1.76. The normalized spacial score (nSPS) is 14.6. The lowest BCUT2D eigenvalue weighted by molar-refractivity contribution is 0.689. The van der Waals surface area contributed by atoms with Gasteiger partial charge >= 0.3 is 0 Å². The number of fused-ring (bicyclic) bond motifs is 2. The lowest BCUT2D eigenvalue weighted by atomic mass is 10.1. The molecule has 116 valence electrons. The van der Waals surface area contributed by atoms with Crippen LogP contribution in [-0.4, -0.2) is 18.1 Å². The second-order valence-corrected chi connectivity index (χ2v) is 6.17. The first kappa shape index (κ1) is 14.2. The molecule has 4 rings (SSSR count). The number of nitrogens with zero attached hydrogens (tertiary/aromatic N) is 2. The molecule has 1 aliphatic heterocycles. The van der Waals surface area contributed by atoms with Crippen molar-refractivity contribution in [1.29, 1.82) is 0 Å². The number of anilines is 1. The highest BCUT2D eigenvalue weighted by Gasteiger charge is 2.16. The average molecular weight is 303 g/mol. The summed E-state index contributed by atoms with van der Waals surface area (Å²) in [6, 6.07) is 19.4. The van der Waals surface area contributed by atoms with Gasteiger partial charge < -0.3 is 10.2 Å². The van der Waals surface area contributed by atoms with Crippen molar-refractivity contribution in [1.82, 2.24) is 10.3 Å². The third-order valence-electron chi connectivity index (χ3n) is 4.50. The Morgan fingerprint density at radius 3 is 2.87 bits per heavy atom. The summed E-state index contributed by atoms with van der Waals surface area (Å²) in [6.07, 6.45) is 0. The van der Waals surface area contributed by atoms with E-state index in [9.17, 15) is 0 Å². The van der Waals surface area contributed by atoms with Crippen molar-refractivity contribution in [2.75, 3.05) is 18.0 Å². The van der Waals surface area contributed by atoms with Gasteiger partial charge in [0.2, 0.25) is 0 Å². The molecule has 0 radical (unpaired) electrons. The number of aryl methyl sites for hydroxylation is 1. The minimum absolute atomic E-state index is 0.919. The Hall–Kier alpha value is -2.39. The fourth-order valence-corrected chi connectivity index (χ4v) is 3.42. The Bertz CT molecular complexity index is 841. The zero-order valence-electron chi connectivity index (χ0n) is 13.4. The molecule has 2 heterocycles. The van der Waals surface area contributed by atoms with Crippen molar-refractivity contribution in [3.8, 4) is 0 Å². The van der Waals surface area contributed by atoms with Gasteiger partial charge in [0.1, 0.15) is 0 Å². The molecule has 2 aromatic carbocycles. The molecule has 0 fully saturated rings. The van der Waals surface area contributed by atoms with Crippen molar-refractivity contribution in [2.45, 2.75) is 20.0 Å². The Labute approximate surface area is 137 Å². The molecular weight excluding hydrogens is 282 g/mol. The SMILES string of the molecule is Cc1cc(CN2CCNCc3ccccc32)c2ccccc2n1. The van der Waals surface area contributed by atoms with Crippen molar-refractivity contribution in [3.05, 3.63) is 71.4 Å². The van der Waals surface area contributed by atoms with E-state index in [-0.39, 0.29) is 0 Å². The fourth-order valence-electron chi connectivity index (χ4n) is 3.42. The molecule has 0 amide bonds. The van der Waals surface area contributed by atoms with Crippen molar-refractivity contribution >= 4 is 16.6 Å². The molecule has 0 spiro atoms. The minimum Gasteiger partial charge on any atom is -0.366 e. The number of nitrogens with one attached hydrogen (secondary N) is 1. The van der Waals surface area contributed by atoms with E-state index in [0.29, 0.717) is 0 Å². The van der Waals surface area contributed by atoms with Gasteiger partial charge in [-0.25, -0.2) is 0 Å². The molecular formula is C20H21N3. The van der Waals surface area contributed by atoms with E-state index in [0.717, 1.165) is 37.4 Å². The molecule has 0 saturated carbocycles. The molecule has 0 atom stereocenters. The molecule has 1 aliphatic rings. The van der Waals surface area contributed by atoms with E-state index in [1.807, 2.05) is 0 Å². The van der Waals surface area contributed by atoms with Gasteiger partial charge in [-0.15, -0.1) is 0 Å². The van der Waals surface area contributed by atoms with Gasteiger partial charge in [0.15, 0.2) is 0 Å². The molecule has 3 aromatic rings. The summed E-state index contributed by atoms with van der Waals surface area (Å²) < 4.78 is 0. The molecule has 0 bridgehead atoms. The summed E-state index contributed by atoms with van der Waals surface area (Å²) in [7, 11) is 0. The first-order valence-corrected chi connectivity index (χ1v) is 8.20. The lowest BCUT2D eigenvalue weighted by Crippen LogP contribution is -2.28. The average Bonchev–Trinajstić information content (AvgIpc) is 2.77. The third kappa shape index (κ3) is 2.80. The van der Waals surface area contributed by atoms with Crippen LogP contribution in [0.5, 0.6) is 0 Å². The lowest BCUT2D eigenvalue weighted by Gasteiger charge is -2.25. The van der Waals surface area contributed by atoms with Crippen LogP contribution in [0.15, 0.2) is 54.6 Å². The Morgan fingerprint density at radius 1 is 1.09 bits per heavy atom. The summed E-state index contributed by atoms with van der Waals surface area (Å²) in [6.45, 7) is 5.97. The first-order valence-electron chi connectivity index (χ1n) is 8.20. The standard InChI is InChI=1S/C20H21N3/c1-15-12-17(18-7-3-4-8-19(18)22-15)14-23-11-10-21-13-16-6-2-5-9-20(16)23/h2-9,12,21H,10-11,13-14H2,1H3. The molecule has 23 heavy (non-hydrogen) atoms. The molecule has 1 aromatic heterocycles. The molecule has 3 nitrogen and oxygen atoms in total. The third-order valence-corrected chi connectivity index (χ3v) is 4.50. The smallest absolute Gasteiger partial charge is 0.0708 e. The maximum Gasteiger partial charge on any atom is 0.0708 e. The number of rotatable bonds is 2. The predicted octanol–water partition coefficient (Wildman–Crippen LogP) is 3.65. The van der Waals surface area contributed by atoms with Gasteiger partial charge in [0.25, 0.3) is 0 Å². The minimum atomic E-state index is 0.919. The van der Waals surface area contributed by atoms with Gasteiger partial charge in [-0.05, 0) is 36.2 Å². The summed E-state index contributed by atoms with van der Waals surface area (Å²) in [5.74, 6) is 0. The van der Waals surface area contributed by atoms with Crippen LogP contribution >= 0.6 is 0 Å². The summed E-state index contributed by atoms with van der Waals surface area (Å²) >= 11 is 0. The van der Waals surface area contributed by atoms with E-state index < -0.39 is 0 Å². The van der Waals surface area contributed by atoms with E-state index in [1.165, 1.54) is 22.2 Å². The maximum atomic E-state index is 4.66. The molecule has 1 N–H and O–H groups in total. The zero-order valence-corrected chi connectivity index (χ0v) is 13.4. The number of para-hydroxylation sites is 2. The van der Waals surface area contributed by atoms with Crippen LogP contribution in [0.4, 0.5) is 5.69 Å². The second kappa shape index (κ2) is 6.01. The predicted molar refractivity (Wildman–Crippen MR) is 95.7 cm³/mol.